The molecule has 0 spiro atoms. The van der Waals surface area contributed by atoms with Crippen LogP contribution in [0.4, 0.5) is 0 Å². The fourth-order valence-electron chi connectivity index (χ4n) is 2.80. The Morgan fingerprint density at radius 1 is 1.50 bits per heavy atom. The maximum atomic E-state index is 11.4. The Balaban J connectivity index is 2.23. The molecule has 20 heavy (non-hydrogen) atoms. The first kappa shape index (κ1) is 15.3. The Morgan fingerprint density at radius 3 is 2.85 bits per heavy atom. The van der Waals surface area contributed by atoms with Crippen LogP contribution in [0, 0.1) is 5.41 Å². The highest BCUT2D eigenvalue weighted by Gasteiger charge is 2.42. The summed E-state index contributed by atoms with van der Waals surface area (Å²) in [6.07, 6.45) is 2.21. The molecule has 0 aromatic carbocycles. The average Bonchev–Trinajstić information content (AvgIpc) is 2.64. The Morgan fingerprint density at radius 2 is 2.20 bits per heavy atom. The number of hydrogen-bond donors (Lipinski definition) is 2. The van der Waals surface area contributed by atoms with Crippen LogP contribution in [0.25, 0.3) is 0 Å². The lowest BCUT2D eigenvalue weighted by atomic mass is 9.87. The molecular formula is C13H22N4O2S. The van der Waals surface area contributed by atoms with Crippen molar-refractivity contribution >= 4 is 11.8 Å². The van der Waals surface area contributed by atoms with Gasteiger partial charge in [-0.15, -0.1) is 0 Å². The monoisotopic (exact) mass is 298 g/mol. The van der Waals surface area contributed by atoms with Crippen LogP contribution in [-0.2, 0) is 7.05 Å². The predicted molar refractivity (Wildman–Crippen MR) is 80.2 cm³/mol. The first-order valence-electron chi connectivity index (χ1n) is 6.92. The van der Waals surface area contributed by atoms with Crippen LogP contribution in [0.2, 0.25) is 0 Å². The van der Waals surface area contributed by atoms with E-state index in [-0.39, 0.29) is 5.41 Å². The fourth-order valence-corrected chi connectivity index (χ4v) is 4.24. The molecule has 2 atom stereocenters. The van der Waals surface area contributed by atoms with Gasteiger partial charge in [0.15, 0.2) is 5.16 Å². The molecule has 1 fully saturated rings. The molecule has 0 amide bonds. The van der Waals surface area contributed by atoms with Crippen LogP contribution < -0.4 is 16.4 Å². The molecule has 0 radical (unpaired) electrons. The van der Waals surface area contributed by atoms with Crippen LogP contribution in [0.15, 0.2) is 14.7 Å². The number of aromatic amines is 1. The van der Waals surface area contributed by atoms with Crippen molar-refractivity contribution in [2.45, 2.75) is 50.1 Å². The number of aromatic nitrogens is 3. The lowest BCUT2D eigenvalue weighted by Gasteiger charge is -2.31. The Hall–Kier alpha value is -1.08. The van der Waals surface area contributed by atoms with E-state index in [1.165, 1.54) is 4.68 Å². The van der Waals surface area contributed by atoms with E-state index in [2.05, 4.69) is 36.2 Å². The number of rotatable bonds is 4. The molecule has 1 heterocycles. The molecule has 112 valence electrons. The maximum absolute atomic E-state index is 11.4. The second kappa shape index (κ2) is 5.73. The van der Waals surface area contributed by atoms with Crippen molar-refractivity contribution in [1.29, 1.82) is 0 Å². The van der Waals surface area contributed by atoms with Gasteiger partial charge in [0.2, 0.25) is 0 Å². The van der Waals surface area contributed by atoms with Crippen molar-refractivity contribution in [3.05, 3.63) is 20.7 Å². The normalized spacial score (nSPS) is 25.0. The lowest BCUT2D eigenvalue weighted by Crippen LogP contribution is -2.43. The summed E-state index contributed by atoms with van der Waals surface area (Å²) in [5.41, 5.74) is -1.16. The van der Waals surface area contributed by atoms with Crippen LogP contribution in [0.5, 0.6) is 0 Å². The molecule has 0 saturated heterocycles. The summed E-state index contributed by atoms with van der Waals surface area (Å²) < 4.78 is 1.53. The quantitative estimate of drug-likeness (QED) is 0.801. The van der Waals surface area contributed by atoms with Gasteiger partial charge in [-0.25, -0.2) is 0 Å². The molecule has 0 bridgehead atoms. The third kappa shape index (κ3) is 2.98. The second-order valence-electron chi connectivity index (χ2n) is 5.92. The minimum Gasteiger partial charge on any atom is -0.313 e. The van der Waals surface area contributed by atoms with Crippen LogP contribution in [0.1, 0.15) is 33.6 Å². The second-order valence-corrected chi connectivity index (χ2v) is 7.12. The van der Waals surface area contributed by atoms with Gasteiger partial charge in [-0.1, -0.05) is 32.5 Å². The molecule has 1 saturated carbocycles. The van der Waals surface area contributed by atoms with Gasteiger partial charge in [-0.3, -0.25) is 19.4 Å². The van der Waals surface area contributed by atoms with Crippen molar-refractivity contribution in [1.82, 2.24) is 20.1 Å². The highest BCUT2D eigenvalue weighted by molar-refractivity contribution is 7.99. The van der Waals surface area contributed by atoms with Crippen LogP contribution in [-0.4, -0.2) is 32.6 Å². The molecular weight excluding hydrogens is 276 g/mol. The minimum absolute atomic E-state index is 0.231. The van der Waals surface area contributed by atoms with Gasteiger partial charge < -0.3 is 5.32 Å². The lowest BCUT2D eigenvalue weighted by molar-refractivity contribution is 0.290. The first-order valence-corrected chi connectivity index (χ1v) is 7.80. The van der Waals surface area contributed by atoms with E-state index in [9.17, 15) is 9.59 Å². The maximum Gasteiger partial charge on any atom is 0.339 e. The Bertz CT molecular complexity index is 593. The van der Waals surface area contributed by atoms with E-state index in [1.807, 2.05) is 0 Å². The van der Waals surface area contributed by atoms with Gasteiger partial charge in [0.25, 0.3) is 0 Å². The van der Waals surface area contributed by atoms with Gasteiger partial charge >= 0.3 is 11.1 Å². The molecule has 2 unspecified atom stereocenters. The summed E-state index contributed by atoms with van der Waals surface area (Å²) in [6, 6.07) is 0.376. The smallest absolute Gasteiger partial charge is 0.313 e. The summed E-state index contributed by atoms with van der Waals surface area (Å²) in [4.78, 5) is 26.5. The molecule has 7 heteroatoms. The fraction of sp³-hybridized carbons (Fsp3) is 0.769. The summed E-state index contributed by atoms with van der Waals surface area (Å²) in [6.45, 7) is 7.55. The zero-order chi connectivity index (χ0) is 14.9. The predicted octanol–water partition coefficient (Wildman–Crippen LogP) is 0.727. The van der Waals surface area contributed by atoms with Crippen molar-refractivity contribution in [2.75, 3.05) is 6.54 Å². The van der Waals surface area contributed by atoms with E-state index < -0.39 is 11.1 Å². The SMILES string of the molecule is CCNC1C(Sc2nc(=O)c(=O)[nH]n2C)CCC1(C)C. The summed E-state index contributed by atoms with van der Waals surface area (Å²) in [5, 5.41) is 6.96. The van der Waals surface area contributed by atoms with Crippen molar-refractivity contribution in [3.8, 4) is 0 Å². The van der Waals surface area contributed by atoms with E-state index in [4.69, 9.17) is 0 Å². The standard InChI is InChI=1S/C13H22N4O2S/c1-5-14-9-8(6-7-13(9,2)3)20-12-15-10(18)11(19)16-17(12)4/h8-9,14H,5-7H2,1-4H3,(H,16,19). The van der Waals surface area contributed by atoms with E-state index in [0.29, 0.717) is 16.4 Å². The van der Waals surface area contributed by atoms with E-state index in [1.54, 1.807) is 18.8 Å². The molecule has 2 N–H and O–H groups in total. The van der Waals surface area contributed by atoms with Gasteiger partial charge in [0.1, 0.15) is 0 Å². The molecule has 1 aromatic heterocycles. The van der Waals surface area contributed by atoms with Gasteiger partial charge in [0.05, 0.1) is 0 Å². The summed E-state index contributed by atoms with van der Waals surface area (Å²) in [5.74, 6) is 0. The van der Waals surface area contributed by atoms with E-state index in [0.717, 1.165) is 19.4 Å². The van der Waals surface area contributed by atoms with Crippen molar-refractivity contribution in [3.63, 3.8) is 0 Å². The highest BCUT2D eigenvalue weighted by Crippen LogP contribution is 2.44. The molecule has 0 aliphatic heterocycles. The number of H-pyrrole nitrogens is 1. The molecule has 1 aromatic rings. The van der Waals surface area contributed by atoms with Crippen molar-refractivity contribution < 1.29 is 0 Å². The molecule has 6 nitrogen and oxygen atoms in total. The molecule has 2 rings (SSSR count). The zero-order valence-corrected chi connectivity index (χ0v) is 13.2. The number of aryl methyl sites for hydroxylation is 1. The highest BCUT2D eigenvalue weighted by atomic mass is 32.2. The van der Waals surface area contributed by atoms with E-state index >= 15 is 0 Å². The largest absolute Gasteiger partial charge is 0.339 e. The number of nitrogens with zero attached hydrogens (tertiary/aromatic N) is 2. The molecule has 1 aliphatic carbocycles. The Kier molecular flexibility index (Phi) is 4.39. The number of nitrogens with one attached hydrogen (secondary N) is 2. The topological polar surface area (TPSA) is 79.8 Å². The third-order valence-electron chi connectivity index (χ3n) is 3.92. The average molecular weight is 298 g/mol. The minimum atomic E-state index is -0.720. The Labute approximate surface area is 122 Å². The van der Waals surface area contributed by atoms with Gasteiger partial charge in [0, 0.05) is 18.3 Å². The van der Waals surface area contributed by atoms with Gasteiger partial charge in [-0.05, 0) is 24.8 Å². The zero-order valence-electron chi connectivity index (χ0n) is 12.4. The number of thioether (sulfide) groups is 1. The van der Waals surface area contributed by atoms with Crippen LogP contribution in [0.3, 0.4) is 0 Å². The first-order chi connectivity index (χ1) is 9.35. The van der Waals surface area contributed by atoms with Gasteiger partial charge in [-0.2, -0.15) is 4.98 Å². The van der Waals surface area contributed by atoms with Crippen LogP contribution >= 0.6 is 11.8 Å². The number of hydrogen-bond acceptors (Lipinski definition) is 5. The summed E-state index contributed by atoms with van der Waals surface area (Å²) in [7, 11) is 1.71. The van der Waals surface area contributed by atoms with Crippen molar-refractivity contribution in [2.24, 2.45) is 12.5 Å². The third-order valence-corrected chi connectivity index (χ3v) is 5.30. The summed E-state index contributed by atoms with van der Waals surface area (Å²) >= 11 is 1.57. The molecule has 1 aliphatic rings.